The number of fused-ring (bicyclic) bond motifs is 1. The van der Waals surface area contributed by atoms with E-state index in [1.807, 2.05) is 50.5 Å². The fourth-order valence-electron chi connectivity index (χ4n) is 2.90. The first kappa shape index (κ1) is 15.5. The highest BCUT2D eigenvalue weighted by Crippen LogP contribution is 2.31. The molecule has 0 bridgehead atoms. The average molecular weight is 313 g/mol. The zero-order valence-electron chi connectivity index (χ0n) is 13.6. The summed E-state index contributed by atoms with van der Waals surface area (Å²) in [7, 11) is 2.04. The number of rotatable bonds is 5. The molecular formula is C18H23N3O2. The third kappa shape index (κ3) is 3.67. The van der Waals surface area contributed by atoms with Crippen molar-refractivity contribution in [1.29, 1.82) is 0 Å². The minimum absolute atomic E-state index is 0.0775. The summed E-state index contributed by atoms with van der Waals surface area (Å²) in [5.74, 6) is 0.856. The normalized spacial score (nSPS) is 17.2. The largest absolute Gasteiger partial charge is 0.491 e. The van der Waals surface area contributed by atoms with Crippen LogP contribution < -0.4 is 15.4 Å². The summed E-state index contributed by atoms with van der Waals surface area (Å²) in [4.78, 5) is 12.2. The van der Waals surface area contributed by atoms with E-state index in [1.165, 1.54) is 5.69 Å². The Hall–Kier alpha value is -2.43. The number of ether oxygens (including phenoxy) is 1. The van der Waals surface area contributed by atoms with Crippen LogP contribution in [0, 0.1) is 0 Å². The minimum atomic E-state index is -0.144. The Morgan fingerprint density at radius 2 is 2.17 bits per heavy atom. The van der Waals surface area contributed by atoms with Crippen molar-refractivity contribution >= 4 is 6.03 Å². The van der Waals surface area contributed by atoms with Crippen LogP contribution >= 0.6 is 0 Å². The van der Waals surface area contributed by atoms with Crippen molar-refractivity contribution in [2.24, 2.45) is 7.05 Å². The summed E-state index contributed by atoms with van der Waals surface area (Å²) >= 11 is 0. The number of hydrogen-bond donors (Lipinski definition) is 2. The van der Waals surface area contributed by atoms with Crippen LogP contribution in [0.3, 0.4) is 0 Å². The Balaban J connectivity index is 1.47. The Kier molecular flexibility index (Phi) is 4.55. The van der Waals surface area contributed by atoms with Crippen LogP contribution in [0.1, 0.15) is 30.6 Å². The number of para-hydroxylation sites is 1. The van der Waals surface area contributed by atoms with Crippen LogP contribution in [0.15, 0.2) is 42.6 Å². The Labute approximate surface area is 136 Å². The lowest BCUT2D eigenvalue weighted by molar-refractivity contribution is 0.228. The van der Waals surface area contributed by atoms with Gasteiger partial charge in [0, 0.05) is 30.5 Å². The van der Waals surface area contributed by atoms with Gasteiger partial charge in [0.1, 0.15) is 12.4 Å². The molecule has 23 heavy (non-hydrogen) atoms. The average Bonchev–Trinajstić information content (AvgIpc) is 3.12. The summed E-state index contributed by atoms with van der Waals surface area (Å²) < 4.78 is 7.69. The molecule has 122 valence electrons. The highest BCUT2D eigenvalue weighted by molar-refractivity contribution is 5.75. The fraction of sp³-hybridized carbons (Fsp3) is 0.389. The molecular weight excluding hydrogens is 290 g/mol. The van der Waals surface area contributed by atoms with Gasteiger partial charge in [-0.1, -0.05) is 18.2 Å². The van der Waals surface area contributed by atoms with Crippen molar-refractivity contribution in [3.8, 4) is 5.75 Å². The lowest BCUT2D eigenvalue weighted by atomic mass is 10.1. The van der Waals surface area contributed by atoms with Crippen molar-refractivity contribution in [3.05, 3.63) is 53.9 Å². The molecule has 0 aliphatic carbocycles. The van der Waals surface area contributed by atoms with E-state index in [4.69, 9.17) is 4.74 Å². The van der Waals surface area contributed by atoms with Crippen molar-refractivity contribution < 1.29 is 9.53 Å². The first-order valence-corrected chi connectivity index (χ1v) is 8.02. The molecule has 2 amide bonds. The van der Waals surface area contributed by atoms with Gasteiger partial charge in [0.2, 0.25) is 0 Å². The van der Waals surface area contributed by atoms with Crippen molar-refractivity contribution in [3.63, 3.8) is 0 Å². The summed E-state index contributed by atoms with van der Waals surface area (Å²) in [6.07, 6.45) is 3.89. The number of amides is 2. The summed E-state index contributed by atoms with van der Waals surface area (Å²) in [6.45, 7) is 2.52. The van der Waals surface area contributed by atoms with Crippen molar-refractivity contribution in [1.82, 2.24) is 15.2 Å². The van der Waals surface area contributed by atoms with E-state index in [1.54, 1.807) is 0 Å². The molecule has 2 heterocycles. The summed E-state index contributed by atoms with van der Waals surface area (Å²) in [5, 5.41) is 5.99. The Morgan fingerprint density at radius 1 is 1.35 bits per heavy atom. The number of hydrogen-bond acceptors (Lipinski definition) is 2. The first-order chi connectivity index (χ1) is 11.1. The smallest absolute Gasteiger partial charge is 0.315 e. The zero-order chi connectivity index (χ0) is 16.2. The molecule has 5 nitrogen and oxygen atoms in total. The molecule has 0 spiro atoms. The first-order valence-electron chi connectivity index (χ1n) is 8.02. The molecule has 0 saturated carbocycles. The SMILES string of the molecule is CC(CCc1cccn1C)NC(=O)NC1COc2ccccc21. The second-order valence-electron chi connectivity index (χ2n) is 6.07. The summed E-state index contributed by atoms with van der Waals surface area (Å²) in [5.41, 5.74) is 2.32. The standard InChI is InChI=1S/C18H23N3O2/c1-13(9-10-14-6-5-11-21(14)2)19-18(22)20-16-12-23-17-8-4-3-7-15(16)17/h3-8,11,13,16H,9-10,12H2,1-2H3,(H2,19,20,22). The lowest BCUT2D eigenvalue weighted by Gasteiger charge is -2.17. The molecule has 1 aliphatic heterocycles. The maximum absolute atomic E-state index is 12.2. The topological polar surface area (TPSA) is 55.3 Å². The van der Waals surface area contributed by atoms with Gasteiger partial charge in [0.15, 0.2) is 0 Å². The molecule has 2 atom stereocenters. The number of carbonyl (C=O) groups is 1. The van der Waals surface area contributed by atoms with Crippen LogP contribution in [-0.4, -0.2) is 23.2 Å². The van der Waals surface area contributed by atoms with Gasteiger partial charge in [-0.2, -0.15) is 0 Å². The van der Waals surface area contributed by atoms with E-state index < -0.39 is 0 Å². The highest BCUT2D eigenvalue weighted by atomic mass is 16.5. The lowest BCUT2D eigenvalue weighted by Crippen LogP contribution is -2.42. The highest BCUT2D eigenvalue weighted by Gasteiger charge is 2.25. The number of urea groups is 1. The number of aryl methyl sites for hydroxylation is 2. The van der Waals surface area contributed by atoms with E-state index in [0.717, 1.165) is 24.2 Å². The predicted octanol–water partition coefficient (Wildman–Crippen LogP) is 2.78. The number of nitrogens with zero attached hydrogens (tertiary/aromatic N) is 1. The van der Waals surface area contributed by atoms with Crippen LogP contribution in [0.5, 0.6) is 5.75 Å². The monoisotopic (exact) mass is 313 g/mol. The molecule has 0 radical (unpaired) electrons. The molecule has 2 N–H and O–H groups in total. The maximum atomic E-state index is 12.2. The van der Waals surface area contributed by atoms with Crippen molar-refractivity contribution in [2.75, 3.05) is 6.61 Å². The van der Waals surface area contributed by atoms with E-state index in [2.05, 4.69) is 21.3 Å². The zero-order valence-corrected chi connectivity index (χ0v) is 13.6. The number of carbonyl (C=O) groups excluding carboxylic acids is 1. The van der Waals surface area contributed by atoms with Crippen LogP contribution in [0.4, 0.5) is 4.79 Å². The molecule has 1 aromatic carbocycles. The van der Waals surface area contributed by atoms with E-state index in [9.17, 15) is 4.79 Å². The molecule has 0 saturated heterocycles. The van der Waals surface area contributed by atoms with Gasteiger partial charge in [-0.05, 0) is 38.0 Å². The number of benzene rings is 1. The molecule has 3 rings (SSSR count). The van der Waals surface area contributed by atoms with Crippen LogP contribution in [0.2, 0.25) is 0 Å². The van der Waals surface area contributed by atoms with Crippen LogP contribution in [0.25, 0.3) is 0 Å². The fourth-order valence-corrected chi connectivity index (χ4v) is 2.90. The second-order valence-corrected chi connectivity index (χ2v) is 6.07. The quantitative estimate of drug-likeness (QED) is 0.892. The molecule has 1 aliphatic rings. The summed E-state index contributed by atoms with van der Waals surface area (Å²) in [6, 6.07) is 11.9. The molecule has 2 aromatic rings. The van der Waals surface area contributed by atoms with Gasteiger partial charge < -0.3 is 19.9 Å². The van der Waals surface area contributed by atoms with Gasteiger partial charge in [-0.25, -0.2) is 4.79 Å². The van der Waals surface area contributed by atoms with E-state index >= 15 is 0 Å². The van der Waals surface area contributed by atoms with Gasteiger partial charge in [0.25, 0.3) is 0 Å². The molecule has 1 aromatic heterocycles. The molecule has 0 fully saturated rings. The van der Waals surface area contributed by atoms with E-state index in [-0.39, 0.29) is 18.1 Å². The van der Waals surface area contributed by atoms with Gasteiger partial charge >= 0.3 is 6.03 Å². The maximum Gasteiger partial charge on any atom is 0.315 e. The van der Waals surface area contributed by atoms with Gasteiger partial charge in [-0.3, -0.25) is 0 Å². The number of nitrogens with one attached hydrogen (secondary N) is 2. The Bertz CT molecular complexity index is 680. The third-order valence-corrected chi connectivity index (χ3v) is 4.27. The minimum Gasteiger partial charge on any atom is -0.491 e. The molecule has 2 unspecified atom stereocenters. The number of aromatic nitrogens is 1. The van der Waals surface area contributed by atoms with Gasteiger partial charge in [-0.15, -0.1) is 0 Å². The van der Waals surface area contributed by atoms with Crippen molar-refractivity contribution in [2.45, 2.75) is 31.8 Å². The van der Waals surface area contributed by atoms with Gasteiger partial charge in [0.05, 0.1) is 6.04 Å². The van der Waals surface area contributed by atoms with E-state index in [0.29, 0.717) is 6.61 Å². The van der Waals surface area contributed by atoms with Crippen LogP contribution in [-0.2, 0) is 13.5 Å². The third-order valence-electron chi connectivity index (χ3n) is 4.27. The molecule has 5 heteroatoms. The Morgan fingerprint density at radius 3 is 2.96 bits per heavy atom. The predicted molar refractivity (Wildman–Crippen MR) is 89.5 cm³/mol. The second kappa shape index (κ2) is 6.77.